The number of ether oxygens (including phenoxy) is 2. The van der Waals surface area contributed by atoms with Crippen molar-refractivity contribution in [3.05, 3.63) is 0 Å². The van der Waals surface area contributed by atoms with Crippen molar-refractivity contribution in [3.8, 4) is 0 Å². The summed E-state index contributed by atoms with van der Waals surface area (Å²) in [5.41, 5.74) is 0. The lowest BCUT2D eigenvalue weighted by Gasteiger charge is -2.20. The normalized spacial score (nSPS) is 14.2. The number of ketones is 1. The van der Waals surface area contributed by atoms with E-state index < -0.39 is 0 Å². The van der Waals surface area contributed by atoms with E-state index in [2.05, 4.69) is 44.3 Å². The lowest BCUT2D eigenvalue weighted by atomic mass is 9.89. The second-order valence-electron chi connectivity index (χ2n) is 19.3. The molecule has 1 saturated heterocycles. The van der Waals surface area contributed by atoms with Gasteiger partial charge in [0, 0.05) is 26.0 Å². The van der Waals surface area contributed by atoms with Gasteiger partial charge >= 0.3 is 5.97 Å². The number of aliphatic hydroxyl groups is 1. The number of nitrogens with zero attached hydrogens (tertiary/aromatic N) is 1. The summed E-state index contributed by atoms with van der Waals surface area (Å²) in [5, 5.41) is 8.93. The van der Waals surface area contributed by atoms with Gasteiger partial charge in [0.25, 0.3) is 6.47 Å². The van der Waals surface area contributed by atoms with Crippen molar-refractivity contribution in [3.63, 3.8) is 0 Å². The van der Waals surface area contributed by atoms with Gasteiger partial charge in [-0.3, -0.25) is 9.59 Å². The molecule has 2 unspecified atom stereocenters. The molecule has 0 aromatic carbocycles. The summed E-state index contributed by atoms with van der Waals surface area (Å²) in [7, 11) is 0. The predicted octanol–water partition coefficient (Wildman–Crippen LogP) is 16.0. The Balaban J connectivity index is 0. The SMILES string of the molecule is CC(=O)CCCCCCCOC=O.CCCCCCCCC(C)CCCCCCCC.CCCCCCCCCCCOC(=O)CCCCCN1CCC(C(C)CCCCO)C1. The van der Waals surface area contributed by atoms with Crippen LogP contribution in [0, 0.1) is 17.8 Å². The van der Waals surface area contributed by atoms with Crippen molar-refractivity contribution in [2.45, 2.75) is 279 Å². The van der Waals surface area contributed by atoms with Gasteiger partial charge in [0.1, 0.15) is 5.78 Å². The van der Waals surface area contributed by atoms with Gasteiger partial charge in [-0.25, -0.2) is 0 Å². The second-order valence-corrected chi connectivity index (χ2v) is 19.3. The first-order valence-electron chi connectivity index (χ1n) is 27.3. The van der Waals surface area contributed by atoms with Gasteiger partial charge in [-0.2, -0.15) is 0 Å². The lowest BCUT2D eigenvalue weighted by Crippen LogP contribution is -2.23. The Morgan fingerprint density at radius 2 is 1.03 bits per heavy atom. The zero-order chi connectivity index (χ0) is 46.0. The molecule has 1 heterocycles. The maximum absolute atomic E-state index is 11.9. The van der Waals surface area contributed by atoms with Crippen molar-refractivity contribution in [2.24, 2.45) is 17.8 Å². The number of rotatable bonds is 44. The average Bonchev–Trinajstić information content (AvgIpc) is 3.74. The third kappa shape index (κ3) is 49.5. The first-order chi connectivity index (χ1) is 30.2. The van der Waals surface area contributed by atoms with Gasteiger partial charge in [0.05, 0.1) is 13.2 Å². The van der Waals surface area contributed by atoms with Gasteiger partial charge in [-0.05, 0) is 82.7 Å². The molecule has 0 aromatic rings. The Bertz CT molecular complexity index is 898. The minimum absolute atomic E-state index is 0.00231. The Morgan fingerprint density at radius 3 is 1.55 bits per heavy atom. The van der Waals surface area contributed by atoms with Crippen LogP contribution in [-0.2, 0) is 23.9 Å². The number of Topliss-reactive ketones (excluding diaryl/α,β-unsaturated/α-hetero) is 1. The smallest absolute Gasteiger partial charge is 0.305 e. The summed E-state index contributed by atoms with van der Waals surface area (Å²) < 4.78 is 9.94. The van der Waals surface area contributed by atoms with Crippen molar-refractivity contribution in [2.75, 3.05) is 39.5 Å². The van der Waals surface area contributed by atoms with Crippen LogP contribution in [0.15, 0.2) is 0 Å². The molecule has 1 aliphatic heterocycles. The molecule has 1 fully saturated rings. The zero-order valence-electron chi connectivity index (χ0n) is 42.7. The van der Waals surface area contributed by atoms with Crippen LogP contribution in [0.5, 0.6) is 0 Å². The minimum Gasteiger partial charge on any atom is -0.468 e. The van der Waals surface area contributed by atoms with Gasteiger partial charge in [0.2, 0.25) is 0 Å². The monoisotopic (exact) mass is 880 g/mol. The number of unbranched alkanes of at least 4 members (excludes halogenated alkanes) is 25. The van der Waals surface area contributed by atoms with Crippen LogP contribution in [0.4, 0.5) is 0 Å². The minimum atomic E-state index is -0.00231. The Hall–Kier alpha value is -1.47. The van der Waals surface area contributed by atoms with Crippen molar-refractivity contribution >= 4 is 18.2 Å². The van der Waals surface area contributed by atoms with Crippen LogP contribution in [0.3, 0.4) is 0 Å². The summed E-state index contributed by atoms with van der Waals surface area (Å²) in [5.74, 6) is 2.84. The fraction of sp³-hybridized carbons (Fsp3) is 0.945. The highest BCUT2D eigenvalue weighted by atomic mass is 16.5. The number of carbonyl (C=O) groups is 3. The van der Waals surface area contributed by atoms with Crippen LogP contribution in [-0.4, -0.2) is 67.7 Å². The highest BCUT2D eigenvalue weighted by molar-refractivity contribution is 5.75. The second kappa shape index (κ2) is 52.2. The summed E-state index contributed by atoms with van der Waals surface area (Å²) in [4.78, 5) is 34.8. The summed E-state index contributed by atoms with van der Waals surface area (Å²) >= 11 is 0. The van der Waals surface area contributed by atoms with Crippen molar-refractivity contribution in [1.29, 1.82) is 0 Å². The first-order valence-corrected chi connectivity index (χ1v) is 27.3. The van der Waals surface area contributed by atoms with E-state index in [1.165, 1.54) is 180 Å². The molecule has 0 saturated carbocycles. The van der Waals surface area contributed by atoms with Crippen LogP contribution in [0.1, 0.15) is 279 Å². The van der Waals surface area contributed by atoms with Gasteiger partial charge in [-0.1, -0.05) is 214 Å². The number of likely N-dealkylation sites (tertiary alicyclic amines) is 1. The van der Waals surface area contributed by atoms with E-state index in [0.717, 1.165) is 82.0 Å². The fourth-order valence-electron chi connectivity index (χ4n) is 8.62. The summed E-state index contributed by atoms with van der Waals surface area (Å²) in [6, 6.07) is 0. The molecule has 0 aliphatic carbocycles. The average molecular weight is 880 g/mol. The topological polar surface area (TPSA) is 93.1 Å². The maximum Gasteiger partial charge on any atom is 0.305 e. The molecule has 0 aromatic heterocycles. The number of carbonyl (C=O) groups excluding carboxylic acids is 3. The molecular formula is C55H109NO6. The molecule has 370 valence electrons. The highest BCUT2D eigenvalue weighted by Gasteiger charge is 2.26. The van der Waals surface area contributed by atoms with Crippen molar-refractivity contribution in [1.82, 2.24) is 4.90 Å². The lowest BCUT2D eigenvalue weighted by molar-refractivity contribution is -0.144. The molecular weight excluding hydrogens is 771 g/mol. The van der Waals surface area contributed by atoms with E-state index in [9.17, 15) is 14.4 Å². The van der Waals surface area contributed by atoms with E-state index in [1.54, 1.807) is 6.92 Å². The van der Waals surface area contributed by atoms with Gasteiger partial charge < -0.3 is 24.3 Å². The highest BCUT2D eigenvalue weighted by Crippen LogP contribution is 2.28. The Kier molecular flexibility index (Phi) is 52.7. The molecule has 62 heavy (non-hydrogen) atoms. The molecule has 1 N–H and O–H groups in total. The molecule has 7 heteroatoms. The van der Waals surface area contributed by atoms with Crippen LogP contribution in [0.2, 0.25) is 0 Å². The van der Waals surface area contributed by atoms with Crippen LogP contribution in [0.25, 0.3) is 0 Å². The third-order valence-electron chi connectivity index (χ3n) is 13.0. The van der Waals surface area contributed by atoms with E-state index >= 15 is 0 Å². The molecule has 0 spiro atoms. The van der Waals surface area contributed by atoms with Crippen molar-refractivity contribution < 1.29 is 29.0 Å². The van der Waals surface area contributed by atoms with Crippen LogP contribution >= 0.6 is 0 Å². The maximum atomic E-state index is 11.9. The molecule has 0 radical (unpaired) electrons. The van der Waals surface area contributed by atoms with E-state index in [-0.39, 0.29) is 11.8 Å². The molecule has 1 rings (SSSR count). The van der Waals surface area contributed by atoms with E-state index in [4.69, 9.17) is 9.84 Å². The number of hydrogen-bond donors (Lipinski definition) is 1. The zero-order valence-corrected chi connectivity index (χ0v) is 42.7. The molecule has 2 atom stereocenters. The predicted molar refractivity (Wildman–Crippen MR) is 267 cm³/mol. The largest absolute Gasteiger partial charge is 0.468 e. The quantitative estimate of drug-likeness (QED) is 0.0370. The Labute approximate surface area is 387 Å². The third-order valence-corrected chi connectivity index (χ3v) is 13.0. The molecule has 1 aliphatic rings. The molecule has 0 bridgehead atoms. The summed E-state index contributed by atoms with van der Waals surface area (Å²) in [6.45, 7) is 18.9. The standard InChI is InChI=1S/C27H53NO3.C18H38.C10H18O3/c1-3-4-5-6-7-8-9-10-16-23-31-27(30)18-12-11-14-20-28-21-19-26(24-28)25(2)17-13-15-22-29;1-4-6-8-10-12-14-16-18(3)17-15-13-11-9-7-5-2;1-10(12)7-5-3-2-4-6-8-13-9-11/h25-26,29H,3-24H2,1-2H3;18H,4-17H2,1-3H3;9H,2-8H2,1H3. The molecule has 7 nitrogen and oxygen atoms in total. The number of aliphatic hydroxyl groups excluding tert-OH is 1. The van der Waals surface area contributed by atoms with E-state index in [1.807, 2.05) is 0 Å². The van der Waals surface area contributed by atoms with Gasteiger partial charge in [0.15, 0.2) is 0 Å². The number of hydrogen-bond acceptors (Lipinski definition) is 7. The van der Waals surface area contributed by atoms with E-state index in [0.29, 0.717) is 39.1 Å². The first kappa shape index (κ1) is 62.6. The number of esters is 1. The fourth-order valence-corrected chi connectivity index (χ4v) is 8.62. The summed E-state index contributed by atoms with van der Waals surface area (Å²) in [6.07, 6.45) is 46.4. The van der Waals surface area contributed by atoms with Crippen LogP contribution < -0.4 is 0 Å². The Morgan fingerprint density at radius 1 is 0.581 bits per heavy atom. The van der Waals surface area contributed by atoms with Gasteiger partial charge in [-0.15, -0.1) is 0 Å². The molecule has 0 amide bonds.